The first-order valence-electron chi connectivity index (χ1n) is 5.63. The fourth-order valence-electron chi connectivity index (χ4n) is 2.00. The maximum absolute atomic E-state index is 13.7. The van der Waals surface area contributed by atoms with E-state index in [-0.39, 0.29) is 5.56 Å². The second-order valence-corrected chi connectivity index (χ2v) is 4.99. The third-order valence-electron chi connectivity index (χ3n) is 2.92. The number of benzene rings is 2. The van der Waals surface area contributed by atoms with Gasteiger partial charge in [-0.05, 0) is 35.0 Å². The van der Waals surface area contributed by atoms with Gasteiger partial charge in [0.2, 0.25) is 0 Å². The Labute approximate surface area is 112 Å². The lowest BCUT2D eigenvalue weighted by atomic mass is 10.0. The summed E-state index contributed by atoms with van der Waals surface area (Å²) in [6.07, 6.45) is 0. The van der Waals surface area contributed by atoms with Crippen LogP contribution in [0.4, 0.5) is 8.78 Å². The molecule has 0 radical (unpaired) electrons. The molecule has 0 unspecified atom stereocenters. The molecular weight excluding hydrogens is 266 g/mol. The van der Waals surface area contributed by atoms with E-state index in [0.717, 1.165) is 16.2 Å². The lowest BCUT2D eigenvalue weighted by Crippen LogP contribution is -2.05. The first kappa shape index (κ1) is 12.0. The van der Waals surface area contributed by atoms with Crippen molar-refractivity contribution >= 4 is 27.2 Å². The first-order chi connectivity index (χ1) is 9.18. The van der Waals surface area contributed by atoms with Crippen LogP contribution >= 0.6 is 11.3 Å². The lowest BCUT2D eigenvalue weighted by Gasteiger charge is -2.04. The van der Waals surface area contributed by atoms with Crippen molar-refractivity contribution in [1.82, 2.24) is 0 Å². The predicted octanol–water partition coefficient (Wildman–Crippen LogP) is 4.41. The van der Waals surface area contributed by atoms with Crippen LogP contribution in [0.2, 0.25) is 0 Å². The summed E-state index contributed by atoms with van der Waals surface area (Å²) in [6.45, 7) is 0. The largest absolute Gasteiger partial charge is 0.288 e. The molecule has 0 atom stereocenters. The van der Waals surface area contributed by atoms with Gasteiger partial charge in [0.1, 0.15) is 0 Å². The average Bonchev–Trinajstić information content (AvgIpc) is 2.89. The smallest absolute Gasteiger partial charge is 0.197 e. The standard InChI is InChI=1S/C15H8F2OS/c16-12-6-2-4-10(13(12)17)14(18)11-5-1-3-9-7-8-19-15(9)11/h1-8H. The van der Waals surface area contributed by atoms with Gasteiger partial charge in [-0.1, -0.05) is 18.2 Å². The third-order valence-corrected chi connectivity index (χ3v) is 3.88. The molecule has 0 aliphatic carbocycles. The van der Waals surface area contributed by atoms with Gasteiger partial charge >= 0.3 is 0 Å². The number of ketones is 1. The molecule has 0 aliphatic rings. The van der Waals surface area contributed by atoms with Crippen molar-refractivity contribution in [3.63, 3.8) is 0 Å². The Balaban J connectivity index is 2.19. The van der Waals surface area contributed by atoms with Crippen LogP contribution in [0.1, 0.15) is 15.9 Å². The van der Waals surface area contributed by atoms with Gasteiger partial charge in [-0.2, -0.15) is 0 Å². The van der Waals surface area contributed by atoms with Crippen molar-refractivity contribution in [2.45, 2.75) is 0 Å². The summed E-state index contributed by atoms with van der Waals surface area (Å²) >= 11 is 1.41. The van der Waals surface area contributed by atoms with Crippen LogP contribution < -0.4 is 0 Å². The van der Waals surface area contributed by atoms with Crippen molar-refractivity contribution in [3.8, 4) is 0 Å². The normalized spacial score (nSPS) is 10.8. The Hall–Kier alpha value is -2.07. The Morgan fingerprint density at radius 3 is 2.53 bits per heavy atom. The second-order valence-electron chi connectivity index (χ2n) is 4.08. The molecule has 0 saturated heterocycles. The minimum atomic E-state index is -1.10. The van der Waals surface area contributed by atoms with Crippen molar-refractivity contribution in [2.75, 3.05) is 0 Å². The molecule has 1 nitrogen and oxygen atoms in total. The highest BCUT2D eigenvalue weighted by Crippen LogP contribution is 2.27. The van der Waals surface area contributed by atoms with Gasteiger partial charge in [0.15, 0.2) is 17.4 Å². The number of fused-ring (bicyclic) bond motifs is 1. The molecule has 0 saturated carbocycles. The lowest BCUT2D eigenvalue weighted by molar-refractivity contribution is 0.103. The van der Waals surface area contributed by atoms with Gasteiger partial charge < -0.3 is 0 Å². The SMILES string of the molecule is O=C(c1cccc(F)c1F)c1cccc2ccsc12. The third kappa shape index (κ3) is 1.94. The predicted molar refractivity (Wildman–Crippen MR) is 71.6 cm³/mol. The van der Waals surface area contributed by atoms with Crippen LogP contribution in [0.5, 0.6) is 0 Å². The molecule has 2 aromatic carbocycles. The highest BCUT2D eigenvalue weighted by molar-refractivity contribution is 7.17. The summed E-state index contributed by atoms with van der Waals surface area (Å²) in [5.74, 6) is -2.60. The molecule has 4 heteroatoms. The highest BCUT2D eigenvalue weighted by atomic mass is 32.1. The summed E-state index contributed by atoms with van der Waals surface area (Å²) < 4.78 is 27.6. The Kier molecular flexibility index (Phi) is 2.87. The van der Waals surface area contributed by atoms with Crippen LogP contribution in [-0.2, 0) is 0 Å². The zero-order chi connectivity index (χ0) is 13.4. The maximum atomic E-state index is 13.7. The fraction of sp³-hybridized carbons (Fsp3) is 0. The van der Waals surface area contributed by atoms with E-state index >= 15 is 0 Å². The van der Waals surface area contributed by atoms with Gasteiger partial charge in [0.05, 0.1) is 5.56 Å². The van der Waals surface area contributed by atoms with Gasteiger partial charge in [-0.25, -0.2) is 8.78 Å². The number of hydrogen-bond donors (Lipinski definition) is 0. The highest BCUT2D eigenvalue weighted by Gasteiger charge is 2.18. The average molecular weight is 274 g/mol. The zero-order valence-electron chi connectivity index (χ0n) is 9.69. The van der Waals surface area contributed by atoms with E-state index in [2.05, 4.69) is 0 Å². The summed E-state index contributed by atoms with van der Waals surface area (Å²) in [5.41, 5.74) is 0.165. The number of rotatable bonds is 2. The molecule has 0 fully saturated rings. The number of carbonyl (C=O) groups excluding carboxylic acids is 1. The van der Waals surface area contributed by atoms with Crippen LogP contribution in [0.3, 0.4) is 0 Å². The van der Waals surface area contributed by atoms with Gasteiger partial charge in [-0.3, -0.25) is 4.79 Å². The van der Waals surface area contributed by atoms with Gasteiger partial charge in [0.25, 0.3) is 0 Å². The van der Waals surface area contributed by atoms with E-state index in [0.29, 0.717) is 5.56 Å². The fourth-order valence-corrected chi connectivity index (χ4v) is 2.91. The van der Waals surface area contributed by atoms with Crippen LogP contribution in [0, 0.1) is 11.6 Å². The summed E-state index contributed by atoms with van der Waals surface area (Å²) in [5, 5.41) is 2.79. The molecule has 1 heterocycles. The summed E-state index contributed by atoms with van der Waals surface area (Å²) in [6, 6.07) is 10.8. The Morgan fingerprint density at radius 1 is 0.947 bits per heavy atom. The molecule has 0 aliphatic heterocycles. The molecule has 0 N–H and O–H groups in total. The van der Waals surface area contributed by atoms with E-state index in [1.165, 1.54) is 23.5 Å². The van der Waals surface area contributed by atoms with E-state index in [1.807, 2.05) is 17.5 Å². The van der Waals surface area contributed by atoms with Crippen LogP contribution in [0.25, 0.3) is 10.1 Å². The quantitative estimate of drug-likeness (QED) is 0.633. The molecular formula is C15H8F2OS. The van der Waals surface area contributed by atoms with Crippen molar-refractivity contribution in [3.05, 3.63) is 70.6 Å². The zero-order valence-corrected chi connectivity index (χ0v) is 10.5. The summed E-state index contributed by atoms with van der Waals surface area (Å²) in [7, 11) is 0. The molecule has 0 amide bonds. The molecule has 19 heavy (non-hydrogen) atoms. The molecule has 94 valence electrons. The minimum absolute atomic E-state index is 0.235. The topological polar surface area (TPSA) is 17.1 Å². The van der Waals surface area contributed by atoms with Crippen molar-refractivity contribution in [1.29, 1.82) is 0 Å². The van der Waals surface area contributed by atoms with Crippen molar-refractivity contribution < 1.29 is 13.6 Å². The van der Waals surface area contributed by atoms with E-state index in [1.54, 1.807) is 12.1 Å². The molecule has 3 aromatic rings. The number of hydrogen-bond acceptors (Lipinski definition) is 2. The molecule has 1 aromatic heterocycles. The maximum Gasteiger partial charge on any atom is 0.197 e. The number of halogens is 2. The first-order valence-corrected chi connectivity index (χ1v) is 6.51. The van der Waals surface area contributed by atoms with E-state index in [9.17, 15) is 13.6 Å². The van der Waals surface area contributed by atoms with E-state index in [4.69, 9.17) is 0 Å². The monoisotopic (exact) mass is 274 g/mol. The molecule has 3 rings (SSSR count). The molecule has 0 bridgehead atoms. The van der Waals surface area contributed by atoms with Crippen LogP contribution in [0.15, 0.2) is 47.8 Å². The van der Waals surface area contributed by atoms with Gasteiger partial charge in [-0.15, -0.1) is 11.3 Å². The van der Waals surface area contributed by atoms with E-state index < -0.39 is 17.4 Å². The second kappa shape index (κ2) is 4.55. The Morgan fingerprint density at radius 2 is 1.68 bits per heavy atom. The Bertz CT molecular complexity index is 777. The van der Waals surface area contributed by atoms with Crippen molar-refractivity contribution in [2.24, 2.45) is 0 Å². The number of carbonyl (C=O) groups is 1. The molecule has 0 spiro atoms. The van der Waals surface area contributed by atoms with Gasteiger partial charge in [0, 0.05) is 10.3 Å². The summed E-state index contributed by atoms with van der Waals surface area (Å²) in [4.78, 5) is 12.3. The number of thiophene rings is 1. The van der Waals surface area contributed by atoms with Crippen LogP contribution in [-0.4, -0.2) is 5.78 Å². The minimum Gasteiger partial charge on any atom is -0.288 e.